The fraction of sp³-hybridized carbons (Fsp3) is 0.333. The normalized spacial score (nSPS) is 12.2. The molecule has 0 aliphatic carbocycles. The van der Waals surface area contributed by atoms with Gasteiger partial charge in [-0.3, -0.25) is 0 Å². The van der Waals surface area contributed by atoms with Gasteiger partial charge in [0.05, 0.1) is 0 Å². The lowest BCUT2D eigenvalue weighted by Crippen LogP contribution is -2.30. The summed E-state index contributed by atoms with van der Waals surface area (Å²) in [5.41, 5.74) is 2.05. The predicted octanol–water partition coefficient (Wildman–Crippen LogP) is 3.25. The third-order valence-electron chi connectivity index (χ3n) is 3.31. The zero-order chi connectivity index (χ0) is 16.7. The molecule has 2 aromatic carbocycles. The van der Waals surface area contributed by atoms with Crippen molar-refractivity contribution in [3.05, 3.63) is 59.1 Å². The molecule has 0 aliphatic heterocycles. The number of hydrogen-bond donors (Lipinski definition) is 2. The van der Waals surface area contributed by atoms with Crippen LogP contribution in [0.4, 0.5) is 5.69 Å². The summed E-state index contributed by atoms with van der Waals surface area (Å²) in [7, 11) is 3.84. The predicted molar refractivity (Wildman–Crippen MR) is 95.3 cm³/mol. The molecule has 0 saturated heterocycles. The van der Waals surface area contributed by atoms with E-state index in [0.29, 0.717) is 13.1 Å². The minimum absolute atomic E-state index is 0.282. The highest BCUT2D eigenvalue weighted by Gasteiger charge is 2.06. The molecule has 5 heteroatoms. The summed E-state index contributed by atoms with van der Waals surface area (Å²) in [5.74, 6) is 0.742. The number of rotatable bonds is 8. The van der Waals surface area contributed by atoms with E-state index in [1.54, 1.807) is 0 Å². The Bertz CT molecular complexity index is 602. The maximum absolute atomic E-state index is 9.78. The van der Waals surface area contributed by atoms with Gasteiger partial charge in [0, 0.05) is 23.8 Å². The van der Waals surface area contributed by atoms with Crippen molar-refractivity contribution in [2.24, 2.45) is 0 Å². The number of aliphatic hydroxyl groups excluding tert-OH is 1. The summed E-state index contributed by atoms with van der Waals surface area (Å²) in [6, 6.07) is 15.4. The molecular weight excluding hydrogens is 312 g/mol. The van der Waals surface area contributed by atoms with Crippen LogP contribution in [0, 0.1) is 0 Å². The Morgan fingerprint density at radius 1 is 1.13 bits per heavy atom. The van der Waals surface area contributed by atoms with Crippen molar-refractivity contribution in [1.82, 2.24) is 4.90 Å². The average Bonchev–Trinajstić information content (AvgIpc) is 2.52. The van der Waals surface area contributed by atoms with E-state index >= 15 is 0 Å². The number of likely N-dealkylation sites (N-methyl/N-ethyl adjacent to an activating group) is 1. The number of halogens is 1. The number of anilines is 1. The smallest absolute Gasteiger partial charge is 0.119 e. The minimum Gasteiger partial charge on any atom is -0.491 e. The van der Waals surface area contributed by atoms with E-state index in [4.69, 9.17) is 16.3 Å². The third-order valence-corrected chi connectivity index (χ3v) is 3.68. The van der Waals surface area contributed by atoms with E-state index in [2.05, 4.69) is 5.32 Å². The van der Waals surface area contributed by atoms with Crippen LogP contribution in [0.15, 0.2) is 48.5 Å². The zero-order valence-corrected chi connectivity index (χ0v) is 14.3. The molecular formula is C18H23ClN2O2. The van der Waals surface area contributed by atoms with Gasteiger partial charge < -0.3 is 20.1 Å². The molecule has 0 aliphatic rings. The zero-order valence-electron chi connectivity index (χ0n) is 13.5. The SMILES string of the molecule is CN(C)CC(O)COc1ccc(NCc2ccccc2Cl)cc1. The monoisotopic (exact) mass is 334 g/mol. The number of benzene rings is 2. The van der Waals surface area contributed by atoms with Gasteiger partial charge in [0.1, 0.15) is 18.5 Å². The fourth-order valence-corrected chi connectivity index (χ4v) is 2.38. The Morgan fingerprint density at radius 3 is 2.48 bits per heavy atom. The van der Waals surface area contributed by atoms with Gasteiger partial charge in [-0.25, -0.2) is 0 Å². The van der Waals surface area contributed by atoms with Gasteiger partial charge in [-0.05, 0) is 50.0 Å². The van der Waals surface area contributed by atoms with E-state index in [-0.39, 0.29) is 6.61 Å². The van der Waals surface area contributed by atoms with Gasteiger partial charge in [-0.15, -0.1) is 0 Å². The van der Waals surface area contributed by atoms with Crippen molar-refractivity contribution in [3.8, 4) is 5.75 Å². The summed E-state index contributed by atoms with van der Waals surface area (Å²) < 4.78 is 5.58. The third kappa shape index (κ3) is 6.10. The number of hydrogen-bond acceptors (Lipinski definition) is 4. The molecule has 1 unspecified atom stereocenters. The second kappa shape index (κ2) is 8.77. The fourth-order valence-electron chi connectivity index (χ4n) is 2.17. The molecule has 2 aromatic rings. The van der Waals surface area contributed by atoms with Crippen LogP contribution in [-0.2, 0) is 6.54 Å². The van der Waals surface area contributed by atoms with Gasteiger partial charge in [0.25, 0.3) is 0 Å². The highest BCUT2D eigenvalue weighted by atomic mass is 35.5. The molecule has 0 spiro atoms. The van der Waals surface area contributed by atoms with Gasteiger partial charge in [0.2, 0.25) is 0 Å². The first-order chi connectivity index (χ1) is 11.0. The molecule has 0 aromatic heterocycles. The summed E-state index contributed by atoms with van der Waals surface area (Å²) in [6.07, 6.45) is -0.497. The lowest BCUT2D eigenvalue weighted by atomic mass is 10.2. The molecule has 0 fully saturated rings. The average molecular weight is 335 g/mol. The number of aliphatic hydroxyl groups is 1. The van der Waals surface area contributed by atoms with Crippen LogP contribution in [0.2, 0.25) is 5.02 Å². The number of nitrogens with zero attached hydrogens (tertiary/aromatic N) is 1. The van der Waals surface area contributed by atoms with E-state index in [9.17, 15) is 5.11 Å². The van der Waals surface area contributed by atoms with Crippen molar-refractivity contribution >= 4 is 17.3 Å². The molecule has 124 valence electrons. The Morgan fingerprint density at radius 2 is 1.83 bits per heavy atom. The maximum atomic E-state index is 9.78. The van der Waals surface area contributed by atoms with Gasteiger partial charge >= 0.3 is 0 Å². The highest BCUT2D eigenvalue weighted by molar-refractivity contribution is 6.31. The molecule has 0 heterocycles. The molecule has 0 radical (unpaired) electrons. The second-order valence-electron chi connectivity index (χ2n) is 5.70. The molecule has 0 saturated carbocycles. The van der Waals surface area contributed by atoms with Crippen molar-refractivity contribution < 1.29 is 9.84 Å². The van der Waals surface area contributed by atoms with Crippen LogP contribution in [0.1, 0.15) is 5.56 Å². The first kappa shape index (κ1) is 17.6. The summed E-state index contributed by atoms with van der Waals surface area (Å²) in [4.78, 5) is 1.93. The largest absolute Gasteiger partial charge is 0.491 e. The Balaban J connectivity index is 1.81. The van der Waals surface area contributed by atoms with Gasteiger partial charge in [0.15, 0.2) is 0 Å². The van der Waals surface area contributed by atoms with E-state index in [1.807, 2.05) is 67.5 Å². The van der Waals surface area contributed by atoms with Crippen LogP contribution in [0.25, 0.3) is 0 Å². The minimum atomic E-state index is -0.497. The van der Waals surface area contributed by atoms with Crippen molar-refractivity contribution in [2.45, 2.75) is 12.6 Å². The van der Waals surface area contributed by atoms with Crippen LogP contribution in [0.5, 0.6) is 5.75 Å². The molecule has 23 heavy (non-hydrogen) atoms. The van der Waals surface area contributed by atoms with Gasteiger partial charge in [-0.2, -0.15) is 0 Å². The second-order valence-corrected chi connectivity index (χ2v) is 6.10. The topological polar surface area (TPSA) is 44.7 Å². The van der Waals surface area contributed by atoms with Crippen LogP contribution in [-0.4, -0.2) is 43.4 Å². The van der Waals surface area contributed by atoms with E-state index < -0.39 is 6.10 Å². The lowest BCUT2D eigenvalue weighted by molar-refractivity contribution is 0.0831. The molecule has 0 bridgehead atoms. The Hall–Kier alpha value is -1.75. The van der Waals surface area contributed by atoms with Crippen LogP contribution < -0.4 is 10.1 Å². The molecule has 0 amide bonds. The van der Waals surface area contributed by atoms with E-state index in [0.717, 1.165) is 22.0 Å². The van der Waals surface area contributed by atoms with Crippen LogP contribution in [0.3, 0.4) is 0 Å². The van der Waals surface area contributed by atoms with Crippen molar-refractivity contribution in [2.75, 3.05) is 32.6 Å². The summed E-state index contributed by atoms with van der Waals surface area (Å²) >= 11 is 6.14. The molecule has 2 N–H and O–H groups in total. The van der Waals surface area contributed by atoms with Crippen LogP contribution >= 0.6 is 11.6 Å². The Labute approximate surface area is 142 Å². The molecule has 1 atom stereocenters. The quantitative estimate of drug-likeness (QED) is 0.778. The lowest BCUT2D eigenvalue weighted by Gasteiger charge is -2.16. The first-order valence-electron chi connectivity index (χ1n) is 7.57. The van der Waals surface area contributed by atoms with Gasteiger partial charge in [-0.1, -0.05) is 29.8 Å². The number of nitrogens with one attached hydrogen (secondary N) is 1. The first-order valence-corrected chi connectivity index (χ1v) is 7.95. The summed E-state index contributed by atoms with van der Waals surface area (Å²) in [5, 5.41) is 13.9. The molecule has 2 rings (SSSR count). The number of ether oxygens (including phenoxy) is 1. The standard InChI is InChI=1S/C18H23ClN2O2/c1-21(2)12-16(22)13-23-17-9-7-15(8-10-17)20-11-14-5-3-4-6-18(14)19/h3-10,16,20,22H,11-13H2,1-2H3. The Kier molecular flexibility index (Phi) is 6.71. The highest BCUT2D eigenvalue weighted by Crippen LogP contribution is 2.19. The molecule has 4 nitrogen and oxygen atoms in total. The summed E-state index contributed by atoms with van der Waals surface area (Å²) in [6.45, 7) is 1.53. The van der Waals surface area contributed by atoms with E-state index in [1.165, 1.54) is 0 Å². The van der Waals surface area contributed by atoms with Crippen molar-refractivity contribution in [1.29, 1.82) is 0 Å². The maximum Gasteiger partial charge on any atom is 0.119 e. The van der Waals surface area contributed by atoms with Crippen molar-refractivity contribution in [3.63, 3.8) is 0 Å².